The fourth-order valence-electron chi connectivity index (χ4n) is 5.06. The lowest BCUT2D eigenvalue weighted by Crippen LogP contribution is -2.73. The van der Waals surface area contributed by atoms with Crippen LogP contribution in [0, 0.1) is 17.7 Å². The predicted molar refractivity (Wildman–Crippen MR) is 134 cm³/mol. The van der Waals surface area contributed by atoms with Crippen molar-refractivity contribution < 1.29 is 22.7 Å². The van der Waals surface area contributed by atoms with Crippen molar-refractivity contribution in [2.45, 2.75) is 23.8 Å². The van der Waals surface area contributed by atoms with E-state index in [0.29, 0.717) is 11.1 Å². The van der Waals surface area contributed by atoms with Crippen LogP contribution < -0.4 is 0 Å². The summed E-state index contributed by atoms with van der Waals surface area (Å²) in [5, 5.41) is 10.0. The first kappa shape index (κ1) is 24.2. The van der Waals surface area contributed by atoms with Gasteiger partial charge in [0.15, 0.2) is 0 Å². The molecule has 36 heavy (non-hydrogen) atoms. The van der Waals surface area contributed by atoms with E-state index in [4.69, 9.17) is 0 Å². The lowest BCUT2D eigenvalue weighted by molar-refractivity contribution is -0.158. The molecule has 5 rings (SSSR count). The number of carbonyl (C=O) groups excluding carboxylic acids is 1. The van der Waals surface area contributed by atoms with Gasteiger partial charge in [0, 0.05) is 23.6 Å². The molecule has 2 heterocycles. The number of halogens is 1. The molecule has 3 aromatic rings. The zero-order chi connectivity index (χ0) is 25.3. The van der Waals surface area contributed by atoms with Crippen molar-refractivity contribution in [3.05, 3.63) is 107 Å². The lowest BCUT2D eigenvalue weighted by atomic mass is 9.74. The van der Waals surface area contributed by atoms with Gasteiger partial charge >= 0.3 is 0 Å². The van der Waals surface area contributed by atoms with E-state index in [-0.39, 0.29) is 49.1 Å². The van der Waals surface area contributed by atoms with Gasteiger partial charge < -0.3 is 10.0 Å². The molecule has 2 aliphatic rings. The zero-order valence-electron chi connectivity index (χ0n) is 19.4. The van der Waals surface area contributed by atoms with Crippen LogP contribution in [0.25, 0.3) is 0 Å². The highest BCUT2D eigenvalue weighted by Crippen LogP contribution is 2.43. The highest BCUT2D eigenvalue weighted by atomic mass is 32.2. The Morgan fingerprint density at radius 1 is 0.944 bits per heavy atom. The molecular formula is C28H25FN2O4S. The first-order chi connectivity index (χ1) is 17.4. The monoisotopic (exact) mass is 504 g/mol. The van der Waals surface area contributed by atoms with Crippen LogP contribution >= 0.6 is 0 Å². The van der Waals surface area contributed by atoms with Crippen molar-refractivity contribution in [3.63, 3.8) is 0 Å². The normalized spacial score (nSPS) is 21.8. The van der Waals surface area contributed by atoms with E-state index < -0.39 is 16.1 Å². The smallest absolute Gasteiger partial charge is 0.238 e. The molecule has 8 heteroatoms. The summed E-state index contributed by atoms with van der Waals surface area (Å²) in [5.74, 6) is 4.95. The Morgan fingerprint density at radius 3 is 2.36 bits per heavy atom. The Morgan fingerprint density at radius 2 is 1.67 bits per heavy atom. The van der Waals surface area contributed by atoms with Gasteiger partial charge in [-0.1, -0.05) is 60.4 Å². The predicted octanol–water partition coefficient (Wildman–Crippen LogP) is 2.73. The molecule has 1 amide bonds. The number of rotatable bonds is 5. The second kappa shape index (κ2) is 9.86. The van der Waals surface area contributed by atoms with Gasteiger partial charge in [-0.2, -0.15) is 4.31 Å². The topological polar surface area (TPSA) is 77.9 Å². The molecule has 2 fully saturated rings. The summed E-state index contributed by atoms with van der Waals surface area (Å²) in [6.07, 6.45) is 0. The summed E-state index contributed by atoms with van der Waals surface area (Å²) in [4.78, 5) is 14.5. The van der Waals surface area contributed by atoms with Crippen molar-refractivity contribution in [1.82, 2.24) is 9.21 Å². The number of amides is 1. The van der Waals surface area contributed by atoms with Crippen LogP contribution in [0.4, 0.5) is 4.39 Å². The molecule has 2 saturated heterocycles. The van der Waals surface area contributed by atoms with Crippen molar-refractivity contribution >= 4 is 15.9 Å². The van der Waals surface area contributed by atoms with Gasteiger partial charge in [-0.3, -0.25) is 4.79 Å². The molecule has 0 bridgehead atoms. The van der Waals surface area contributed by atoms with Gasteiger partial charge in [-0.15, -0.1) is 0 Å². The fraction of sp³-hybridized carbons (Fsp3) is 0.250. The minimum absolute atomic E-state index is 0.166. The average Bonchev–Trinajstić information content (AvgIpc) is 2.85. The van der Waals surface area contributed by atoms with Crippen LogP contribution in [-0.2, 0) is 20.6 Å². The standard InChI is InChI=1S/C28H25FN2O4S/c29-24-8-4-7-21(15-24)10-9-20-11-13-23(14-12-20)28-25-16-30(17-27(33)31(25)26(28)18-32)36(34,35)19-22-5-2-1-3-6-22/h1-8,11-15,25-26,28,32H,16-19H2/t25-,26-,28-/m0/s1. The minimum atomic E-state index is -3.69. The molecule has 1 N–H and O–H groups in total. The molecular weight excluding hydrogens is 479 g/mol. The number of hydrogen-bond donors (Lipinski definition) is 1. The van der Waals surface area contributed by atoms with Crippen LogP contribution in [0.5, 0.6) is 0 Å². The van der Waals surface area contributed by atoms with Crippen LogP contribution in [-0.4, -0.2) is 60.4 Å². The minimum Gasteiger partial charge on any atom is -0.394 e. The molecule has 6 nitrogen and oxygen atoms in total. The molecule has 0 unspecified atom stereocenters. The van der Waals surface area contributed by atoms with Crippen molar-refractivity contribution in [1.29, 1.82) is 0 Å². The Hall–Kier alpha value is -3.51. The van der Waals surface area contributed by atoms with E-state index in [0.717, 1.165) is 11.1 Å². The maximum absolute atomic E-state index is 13.4. The number of nitrogens with zero attached hydrogens (tertiary/aromatic N) is 2. The van der Waals surface area contributed by atoms with Crippen molar-refractivity contribution in [3.8, 4) is 11.8 Å². The third kappa shape index (κ3) is 4.78. The summed E-state index contributed by atoms with van der Waals surface area (Å²) < 4.78 is 40.8. The van der Waals surface area contributed by atoms with Gasteiger partial charge in [-0.05, 0) is 41.5 Å². The Kier molecular flexibility index (Phi) is 6.63. The molecule has 0 aromatic heterocycles. The first-order valence-electron chi connectivity index (χ1n) is 11.7. The highest BCUT2D eigenvalue weighted by Gasteiger charge is 2.55. The van der Waals surface area contributed by atoms with E-state index in [1.54, 1.807) is 41.3 Å². The number of piperazine rings is 1. The van der Waals surface area contributed by atoms with Gasteiger partial charge in [0.05, 0.1) is 31.0 Å². The Labute approximate surface area is 210 Å². The molecule has 0 saturated carbocycles. The van der Waals surface area contributed by atoms with Crippen molar-refractivity contribution in [2.75, 3.05) is 19.7 Å². The average molecular weight is 505 g/mol. The third-order valence-corrected chi connectivity index (χ3v) is 8.54. The van der Waals surface area contributed by atoms with E-state index >= 15 is 0 Å². The zero-order valence-corrected chi connectivity index (χ0v) is 20.2. The first-order valence-corrected chi connectivity index (χ1v) is 13.3. The van der Waals surface area contributed by atoms with Crippen LogP contribution in [0.15, 0.2) is 78.9 Å². The van der Waals surface area contributed by atoms with E-state index in [2.05, 4.69) is 11.8 Å². The summed E-state index contributed by atoms with van der Waals surface area (Å²) >= 11 is 0. The Bertz CT molecular complexity index is 1430. The van der Waals surface area contributed by atoms with Crippen LogP contribution in [0.1, 0.15) is 28.2 Å². The molecule has 3 aromatic carbocycles. The summed E-state index contributed by atoms with van der Waals surface area (Å²) in [7, 11) is -3.69. The lowest BCUT2D eigenvalue weighted by Gasteiger charge is -2.58. The second-order valence-electron chi connectivity index (χ2n) is 9.06. The quantitative estimate of drug-likeness (QED) is 0.542. The summed E-state index contributed by atoms with van der Waals surface area (Å²) in [6.45, 7) is -0.239. The SMILES string of the molecule is O=C1CN(S(=O)(=O)Cc2ccccc2)C[C@H]2[C@H](c3ccc(C#Cc4cccc(F)c4)cc3)[C@H](CO)N12. The summed E-state index contributed by atoms with van der Waals surface area (Å²) in [6, 6.07) is 21.7. The number of carbonyl (C=O) groups is 1. The number of sulfonamides is 1. The molecule has 3 atom stereocenters. The van der Waals surface area contributed by atoms with Crippen molar-refractivity contribution in [2.24, 2.45) is 0 Å². The van der Waals surface area contributed by atoms with E-state index in [9.17, 15) is 22.7 Å². The number of hydrogen-bond acceptors (Lipinski definition) is 4. The highest BCUT2D eigenvalue weighted by molar-refractivity contribution is 7.88. The molecule has 0 radical (unpaired) electrons. The number of aliphatic hydroxyl groups is 1. The summed E-state index contributed by atoms with van der Waals surface area (Å²) in [5.41, 5.74) is 2.89. The number of fused-ring (bicyclic) bond motifs is 1. The van der Waals surface area contributed by atoms with E-state index in [1.807, 2.05) is 30.3 Å². The second-order valence-corrected chi connectivity index (χ2v) is 11.0. The van der Waals surface area contributed by atoms with Gasteiger partial charge in [0.25, 0.3) is 0 Å². The van der Waals surface area contributed by atoms with Gasteiger partial charge in [0.2, 0.25) is 15.9 Å². The fourth-order valence-corrected chi connectivity index (χ4v) is 6.54. The van der Waals surface area contributed by atoms with Crippen LogP contribution in [0.3, 0.4) is 0 Å². The van der Waals surface area contributed by atoms with Crippen LogP contribution in [0.2, 0.25) is 0 Å². The number of aliphatic hydroxyl groups excluding tert-OH is 1. The largest absolute Gasteiger partial charge is 0.394 e. The Balaban J connectivity index is 1.34. The van der Waals surface area contributed by atoms with Gasteiger partial charge in [-0.25, -0.2) is 12.8 Å². The molecule has 2 aliphatic heterocycles. The molecule has 184 valence electrons. The van der Waals surface area contributed by atoms with E-state index in [1.165, 1.54) is 16.4 Å². The maximum atomic E-state index is 13.4. The molecule has 0 spiro atoms. The maximum Gasteiger partial charge on any atom is 0.238 e. The number of benzene rings is 3. The molecule has 0 aliphatic carbocycles. The van der Waals surface area contributed by atoms with Gasteiger partial charge in [0.1, 0.15) is 5.82 Å². The third-order valence-electron chi connectivity index (χ3n) is 6.78.